The molecule has 5 heteroatoms. The molecule has 1 unspecified atom stereocenters. The van der Waals surface area contributed by atoms with Gasteiger partial charge in [-0.2, -0.15) is 0 Å². The Morgan fingerprint density at radius 2 is 2.09 bits per heavy atom. The Bertz CT molecular complexity index is 633. The number of hydrogen-bond acceptors (Lipinski definition) is 3. The molecule has 0 radical (unpaired) electrons. The first-order valence-corrected chi connectivity index (χ1v) is 7.74. The molecule has 0 aromatic heterocycles. The van der Waals surface area contributed by atoms with Crippen LogP contribution >= 0.6 is 0 Å². The van der Waals surface area contributed by atoms with Gasteiger partial charge in [-0.05, 0) is 62.8 Å². The fourth-order valence-electron chi connectivity index (χ4n) is 3.48. The molecular weight excluding hydrogens is 280 g/mol. The molecule has 0 saturated carbocycles. The van der Waals surface area contributed by atoms with Crippen LogP contribution in [-0.2, 0) is 17.6 Å². The van der Waals surface area contributed by atoms with Crippen molar-refractivity contribution in [2.75, 3.05) is 6.54 Å². The van der Waals surface area contributed by atoms with Crippen LogP contribution < -0.4 is 10.6 Å². The summed E-state index contributed by atoms with van der Waals surface area (Å²) in [6, 6.07) is 5.61. The Kier molecular flexibility index (Phi) is 3.48. The molecule has 3 rings (SSSR count). The van der Waals surface area contributed by atoms with E-state index in [1.54, 1.807) is 6.07 Å². The largest absolute Gasteiger partial charge is 0.372 e. The molecular formula is C17H22N2O3. The zero-order chi connectivity index (χ0) is 16.0. The van der Waals surface area contributed by atoms with Crippen molar-refractivity contribution in [2.45, 2.75) is 45.3 Å². The molecule has 1 spiro atoms. The molecule has 1 aliphatic heterocycles. The second-order valence-electron chi connectivity index (χ2n) is 6.96. The minimum atomic E-state index is -1.25. The Labute approximate surface area is 130 Å². The average Bonchev–Trinajstić information content (AvgIpc) is 2.77. The predicted molar refractivity (Wildman–Crippen MR) is 82.3 cm³/mol. The van der Waals surface area contributed by atoms with Gasteiger partial charge in [0.2, 0.25) is 5.91 Å². The maximum absolute atomic E-state index is 12.2. The first-order chi connectivity index (χ1) is 10.3. The topological polar surface area (TPSA) is 78.4 Å². The Morgan fingerprint density at radius 3 is 2.73 bits per heavy atom. The van der Waals surface area contributed by atoms with Gasteiger partial charge in [-0.25, -0.2) is 0 Å². The lowest BCUT2D eigenvalue weighted by molar-refractivity contribution is -0.128. The van der Waals surface area contributed by atoms with Crippen molar-refractivity contribution in [2.24, 2.45) is 5.41 Å². The molecule has 2 aliphatic rings. The summed E-state index contributed by atoms with van der Waals surface area (Å²) in [5.74, 6) is -0.157. The third-order valence-corrected chi connectivity index (χ3v) is 4.66. The van der Waals surface area contributed by atoms with E-state index in [1.165, 1.54) is 19.4 Å². The molecule has 1 aromatic carbocycles. The number of carbonyl (C=O) groups excluding carboxylic acids is 2. The van der Waals surface area contributed by atoms with E-state index in [0.717, 1.165) is 31.4 Å². The van der Waals surface area contributed by atoms with Crippen molar-refractivity contribution in [3.63, 3.8) is 0 Å². The number of aliphatic hydroxyl groups is 1. The number of rotatable bonds is 2. The molecule has 1 aliphatic carbocycles. The fourth-order valence-corrected chi connectivity index (χ4v) is 3.48. The van der Waals surface area contributed by atoms with Gasteiger partial charge in [0.1, 0.15) is 5.72 Å². The van der Waals surface area contributed by atoms with Crippen molar-refractivity contribution in [1.82, 2.24) is 10.6 Å². The molecule has 2 amide bonds. The molecule has 22 heavy (non-hydrogen) atoms. The molecule has 1 saturated heterocycles. The van der Waals surface area contributed by atoms with Gasteiger partial charge in [0.05, 0.1) is 5.41 Å². The van der Waals surface area contributed by atoms with Crippen molar-refractivity contribution < 1.29 is 14.7 Å². The van der Waals surface area contributed by atoms with Crippen LogP contribution in [0.15, 0.2) is 18.2 Å². The van der Waals surface area contributed by atoms with Gasteiger partial charge in [-0.15, -0.1) is 0 Å². The number of aryl methyl sites for hydroxylation is 1. The maximum Gasteiger partial charge on any atom is 0.253 e. The monoisotopic (exact) mass is 302 g/mol. The Balaban J connectivity index is 1.86. The highest BCUT2D eigenvalue weighted by Crippen LogP contribution is 2.41. The summed E-state index contributed by atoms with van der Waals surface area (Å²) in [5.41, 5.74) is 1.27. The van der Waals surface area contributed by atoms with E-state index in [-0.39, 0.29) is 17.2 Å². The number of hydrogen-bond donors (Lipinski definition) is 3. The number of fused-ring (bicyclic) bond motifs is 1. The van der Waals surface area contributed by atoms with Gasteiger partial charge in [0, 0.05) is 12.1 Å². The van der Waals surface area contributed by atoms with Crippen LogP contribution in [0.5, 0.6) is 0 Å². The molecule has 5 nitrogen and oxygen atoms in total. The SMILES string of the molecule is CC(C)(O)NC(=O)c1ccc2c(c1)CC1(CCNC1=O)CC2. The lowest BCUT2D eigenvalue weighted by atomic mass is 9.70. The van der Waals surface area contributed by atoms with Gasteiger partial charge >= 0.3 is 0 Å². The van der Waals surface area contributed by atoms with E-state index in [1.807, 2.05) is 12.1 Å². The normalized spacial score (nSPS) is 24.0. The van der Waals surface area contributed by atoms with E-state index >= 15 is 0 Å². The van der Waals surface area contributed by atoms with E-state index < -0.39 is 5.72 Å². The lowest BCUT2D eigenvalue weighted by Crippen LogP contribution is -2.43. The van der Waals surface area contributed by atoms with Crippen molar-refractivity contribution >= 4 is 11.8 Å². The van der Waals surface area contributed by atoms with Crippen LogP contribution in [-0.4, -0.2) is 29.2 Å². The number of amides is 2. The Hall–Kier alpha value is -1.88. The predicted octanol–water partition coefficient (Wildman–Crippen LogP) is 1.14. The van der Waals surface area contributed by atoms with Crippen LogP contribution in [0.2, 0.25) is 0 Å². The number of nitrogens with one attached hydrogen (secondary N) is 2. The molecule has 1 heterocycles. The standard InChI is InChI=1S/C17H22N2O3/c1-16(2,22)19-14(20)12-4-3-11-5-6-17(10-13(11)9-12)7-8-18-15(17)21/h3-4,9,22H,5-8,10H2,1-2H3,(H,18,21)(H,19,20). The van der Waals surface area contributed by atoms with E-state index in [4.69, 9.17) is 0 Å². The number of carbonyl (C=O) groups is 2. The summed E-state index contributed by atoms with van der Waals surface area (Å²) in [6.07, 6.45) is 3.31. The highest BCUT2D eigenvalue weighted by molar-refractivity contribution is 5.95. The summed E-state index contributed by atoms with van der Waals surface area (Å²) >= 11 is 0. The van der Waals surface area contributed by atoms with Crippen LogP contribution in [0.3, 0.4) is 0 Å². The third kappa shape index (κ3) is 2.73. The van der Waals surface area contributed by atoms with E-state index in [2.05, 4.69) is 10.6 Å². The summed E-state index contributed by atoms with van der Waals surface area (Å²) in [5, 5.41) is 15.2. The van der Waals surface area contributed by atoms with Gasteiger partial charge in [0.15, 0.2) is 0 Å². The van der Waals surface area contributed by atoms with Gasteiger partial charge in [-0.3, -0.25) is 9.59 Å². The summed E-state index contributed by atoms with van der Waals surface area (Å²) in [4.78, 5) is 24.3. The minimum absolute atomic E-state index is 0.143. The quantitative estimate of drug-likeness (QED) is 0.717. The number of benzene rings is 1. The van der Waals surface area contributed by atoms with Crippen molar-refractivity contribution in [3.05, 3.63) is 34.9 Å². The van der Waals surface area contributed by atoms with E-state index in [9.17, 15) is 14.7 Å². The first kappa shape index (κ1) is 15.0. The lowest BCUT2D eigenvalue weighted by Gasteiger charge is -2.32. The highest BCUT2D eigenvalue weighted by Gasteiger charge is 2.44. The van der Waals surface area contributed by atoms with Crippen LogP contribution in [0.4, 0.5) is 0 Å². The zero-order valence-corrected chi connectivity index (χ0v) is 13.0. The highest BCUT2D eigenvalue weighted by atomic mass is 16.3. The third-order valence-electron chi connectivity index (χ3n) is 4.66. The Morgan fingerprint density at radius 1 is 1.32 bits per heavy atom. The van der Waals surface area contributed by atoms with Crippen LogP contribution in [0.1, 0.15) is 48.2 Å². The zero-order valence-electron chi connectivity index (χ0n) is 13.0. The minimum Gasteiger partial charge on any atom is -0.372 e. The van der Waals surface area contributed by atoms with Crippen LogP contribution in [0.25, 0.3) is 0 Å². The van der Waals surface area contributed by atoms with Gasteiger partial charge in [0.25, 0.3) is 5.91 Å². The van der Waals surface area contributed by atoms with Crippen molar-refractivity contribution in [1.29, 1.82) is 0 Å². The first-order valence-electron chi connectivity index (χ1n) is 7.74. The average molecular weight is 302 g/mol. The smallest absolute Gasteiger partial charge is 0.253 e. The molecule has 0 bridgehead atoms. The maximum atomic E-state index is 12.2. The van der Waals surface area contributed by atoms with E-state index in [0.29, 0.717) is 12.0 Å². The summed E-state index contributed by atoms with van der Waals surface area (Å²) in [6.45, 7) is 3.80. The fraction of sp³-hybridized carbons (Fsp3) is 0.529. The summed E-state index contributed by atoms with van der Waals surface area (Å²) < 4.78 is 0. The molecule has 1 aromatic rings. The van der Waals surface area contributed by atoms with Gasteiger partial charge in [-0.1, -0.05) is 6.07 Å². The van der Waals surface area contributed by atoms with Crippen molar-refractivity contribution in [3.8, 4) is 0 Å². The van der Waals surface area contributed by atoms with Gasteiger partial charge < -0.3 is 15.7 Å². The second kappa shape index (κ2) is 5.09. The molecule has 118 valence electrons. The second-order valence-corrected chi connectivity index (χ2v) is 6.96. The molecule has 3 N–H and O–H groups in total. The van der Waals surface area contributed by atoms with Crippen LogP contribution in [0, 0.1) is 5.41 Å². The molecule has 1 atom stereocenters. The summed E-state index contributed by atoms with van der Waals surface area (Å²) in [7, 11) is 0. The molecule has 1 fully saturated rings.